The fraction of sp³-hybridized carbons (Fsp3) is 0.133. The summed E-state index contributed by atoms with van der Waals surface area (Å²) in [4.78, 5) is 16.3. The number of hydrogen-bond acceptors (Lipinski definition) is 4. The lowest BCUT2D eigenvalue weighted by molar-refractivity contribution is 0.0525. The van der Waals surface area contributed by atoms with Crippen molar-refractivity contribution in [2.24, 2.45) is 0 Å². The van der Waals surface area contributed by atoms with E-state index in [1.165, 1.54) is 0 Å². The average molecular weight is 346 g/mol. The van der Waals surface area contributed by atoms with E-state index in [2.05, 4.69) is 26.0 Å². The van der Waals surface area contributed by atoms with E-state index in [1.54, 1.807) is 29.9 Å². The Morgan fingerprint density at radius 1 is 1.38 bits per heavy atom. The Kier molecular flexibility index (Phi) is 3.70. The molecule has 0 spiro atoms. The Morgan fingerprint density at radius 2 is 2.24 bits per heavy atom. The third-order valence-corrected chi connectivity index (χ3v) is 3.46. The van der Waals surface area contributed by atoms with Crippen molar-refractivity contribution in [2.45, 2.75) is 6.92 Å². The summed E-state index contributed by atoms with van der Waals surface area (Å²) >= 11 is 3.43. The molecule has 0 fully saturated rings. The van der Waals surface area contributed by atoms with Gasteiger partial charge in [0.15, 0.2) is 5.82 Å². The highest BCUT2D eigenvalue weighted by Gasteiger charge is 2.16. The molecule has 3 aromatic rings. The lowest BCUT2D eigenvalue weighted by Crippen LogP contribution is -2.11. The van der Waals surface area contributed by atoms with Crippen molar-refractivity contribution in [1.29, 1.82) is 0 Å². The minimum absolute atomic E-state index is 0.321. The number of fused-ring (bicyclic) bond motifs is 1. The second-order valence-corrected chi connectivity index (χ2v) is 5.29. The molecule has 0 unspecified atom stereocenters. The van der Waals surface area contributed by atoms with Crippen LogP contribution in [0.4, 0.5) is 0 Å². The van der Waals surface area contributed by atoms with Gasteiger partial charge in [0, 0.05) is 22.3 Å². The second kappa shape index (κ2) is 5.65. The lowest BCUT2D eigenvalue weighted by atomic mass is 10.2. The molecule has 0 N–H and O–H groups in total. The van der Waals surface area contributed by atoms with Crippen LogP contribution in [-0.2, 0) is 4.74 Å². The van der Waals surface area contributed by atoms with E-state index in [1.807, 2.05) is 24.4 Å². The van der Waals surface area contributed by atoms with E-state index in [-0.39, 0.29) is 0 Å². The summed E-state index contributed by atoms with van der Waals surface area (Å²) in [5.74, 6) is 0.0598. The molecular weight excluding hydrogens is 334 g/mol. The molecule has 5 nitrogen and oxygen atoms in total. The van der Waals surface area contributed by atoms with Gasteiger partial charge in [-0.15, -0.1) is 0 Å². The number of carbonyl (C=O) groups excluding carboxylic acids is 1. The first-order valence-electron chi connectivity index (χ1n) is 6.46. The Balaban J connectivity index is 2.12. The van der Waals surface area contributed by atoms with Crippen LogP contribution in [-0.4, -0.2) is 27.3 Å². The lowest BCUT2D eigenvalue weighted by Gasteiger charge is -2.06. The van der Waals surface area contributed by atoms with Crippen molar-refractivity contribution < 1.29 is 9.53 Å². The van der Waals surface area contributed by atoms with Gasteiger partial charge >= 0.3 is 5.97 Å². The summed E-state index contributed by atoms with van der Waals surface area (Å²) in [5, 5.41) is 5.42. The van der Waals surface area contributed by atoms with Crippen molar-refractivity contribution in [2.75, 3.05) is 6.61 Å². The molecule has 0 radical (unpaired) electrons. The molecule has 2 aromatic heterocycles. The predicted molar refractivity (Wildman–Crippen MR) is 82.5 cm³/mol. The first-order valence-corrected chi connectivity index (χ1v) is 7.26. The molecular formula is C15H12BrN3O2. The molecule has 21 heavy (non-hydrogen) atoms. The molecule has 6 heteroatoms. The van der Waals surface area contributed by atoms with Crippen molar-refractivity contribution in [3.05, 3.63) is 52.8 Å². The molecule has 0 aliphatic rings. The Bertz CT molecular complexity index is 814. The van der Waals surface area contributed by atoms with Crippen LogP contribution in [0.3, 0.4) is 0 Å². The van der Waals surface area contributed by atoms with Gasteiger partial charge in [-0.05, 0) is 37.3 Å². The topological polar surface area (TPSA) is 57.0 Å². The van der Waals surface area contributed by atoms with Gasteiger partial charge in [0.2, 0.25) is 0 Å². The van der Waals surface area contributed by atoms with E-state index in [4.69, 9.17) is 4.74 Å². The molecule has 0 bridgehead atoms. The van der Waals surface area contributed by atoms with E-state index in [0.29, 0.717) is 18.0 Å². The van der Waals surface area contributed by atoms with Crippen LogP contribution in [0, 0.1) is 0 Å². The standard InChI is InChI=1S/C15H12BrN3O2/c1-2-21-15(20)12-4-3-7-17-14(12)19-9-10-8-11(16)5-6-13(10)18-19/h3-9H,2H2,1H3. The van der Waals surface area contributed by atoms with Gasteiger partial charge < -0.3 is 4.74 Å². The van der Waals surface area contributed by atoms with Crippen molar-refractivity contribution in [1.82, 2.24) is 14.8 Å². The fourth-order valence-corrected chi connectivity index (χ4v) is 2.43. The smallest absolute Gasteiger partial charge is 0.341 e. The molecule has 106 valence electrons. The molecule has 0 amide bonds. The number of nitrogens with zero attached hydrogens (tertiary/aromatic N) is 3. The highest BCUT2D eigenvalue weighted by atomic mass is 79.9. The Hall–Kier alpha value is -2.21. The monoisotopic (exact) mass is 345 g/mol. The fourth-order valence-electron chi connectivity index (χ4n) is 2.05. The number of aromatic nitrogens is 3. The largest absolute Gasteiger partial charge is 0.462 e. The number of ether oxygens (including phenoxy) is 1. The molecule has 0 saturated carbocycles. The Labute approximate surface area is 129 Å². The first-order chi connectivity index (χ1) is 10.2. The van der Waals surface area contributed by atoms with E-state index in [0.717, 1.165) is 15.4 Å². The maximum Gasteiger partial charge on any atom is 0.341 e. The number of esters is 1. The average Bonchev–Trinajstić information content (AvgIpc) is 2.90. The molecule has 0 aliphatic heterocycles. The summed E-state index contributed by atoms with van der Waals surface area (Å²) < 4.78 is 7.63. The summed E-state index contributed by atoms with van der Waals surface area (Å²) in [5.41, 5.74) is 1.23. The van der Waals surface area contributed by atoms with Crippen LogP contribution in [0.5, 0.6) is 0 Å². The molecule has 3 rings (SSSR count). The van der Waals surface area contributed by atoms with E-state index in [9.17, 15) is 4.79 Å². The maximum atomic E-state index is 12.0. The van der Waals surface area contributed by atoms with Crippen LogP contribution in [0.15, 0.2) is 47.2 Å². The maximum absolute atomic E-state index is 12.0. The van der Waals surface area contributed by atoms with Gasteiger partial charge in [-0.1, -0.05) is 15.9 Å². The first kappa shape index (κ1) is 13.8. The van der Waals surface area contributed by atoms with Crippen molar-refractivity contribution in [3.8, 4) is 5.82 Å². The van der Waals surface area contributed by atoms with E-state index < -0.39 is 5.97 Å². The van der Waals surface area contributed by atoms with Crippen LogP contribution in [0.2, 0.25) is 0 Å². The zero-order chi connectivity index (χ0) is 14.8. The van der Waals surface area contributed by atoms with Crippen LogP contribution in [0.1, 0.15) is 17.3 Å². The van der Waals surface area contributed by atoms with Crippen molar-refractivity contribution >= 4 is 32.8 Å². The number of pyridine rings is 1. The van der Waals surface area contributed by atoms with Crippen LogP contribution in [0.25, 0.3) is 16.7 Å². The highest BCUT2D eigenvalue weighted by Crippen LogP contribution is 2.21. The highest BCUT2D eigenvalue weighted by molar-refractivity contribution is 9.10. The molecule has 2 heterocycles. The van der Waals surface area contributed by atoms with Gasteiger partial charge in [0.25, 0.3) is 0 Å². The number of benzene rings is 1. The van der Waals surface area contributed by atoms with Gasteiger partial charge in [0.1, 0.15) is 5.56 Å². The molecule has 0 aliphatic carbocycles. The SMILES string of the molecule is CCOC(=O)c1cccnc1-n1cc2cc(Br)ccc2n1. The minimum Gasteiger partial charge on any atom is -0.462 e. The van der Waals surface area contributed by atoms with Gasteiger partial charge in [-0.25, -0.2) is 14.5 Å². The van der Waals surface area contributed by atoms with Gasteiger partial charge in [0.05, 0.1) is 12.1 Å². The summed E-state index contributed by atoms with van der Waals surface area (Å²) in [7, 11) is 0. The van der Waals surface area contributed by atoms with E-state index >= 15 is 0 Å². The predicted octanol–water partition coefficient (Wildman–Crippen LogP) is 3.36. The number of halogens is 1. The summed E-state index contributed by atoms with van der Waals surface area (Å²) in [6.07, 6.45) is 3.46. The molecule has 0 saturated heterocycles. The summed E-state index contributed by atoms with van der Waals surface area (Å²) in [6.45, 7) is 2.09. The third kappa shape index (κ3) is 2.67. The quantitative estimate of drug-likeness (QED) is 0.683. The zero-order valence-corrected chi connectivity index (χ0v) is 12.9. The van der Waals surface area contributed by atoms with Crippen LogP contribution >= 0.6 is 15.9 Å². The van der Waals surface area contributed by atoms with Crippen LogP contribution < -0.4 is 0 Å². The summed E-state index contributed by atoms with van der Waals surface area (Å²) in [6, 6.07) is 9.18. The molecule has 1 aromatic carbocycles. The normalized spacial score (nSPS) is 10.8. The van der Waals surface area contributed by atoms with Gasteiger partial charge in [-0.3, -0.25) is 0 Å². The number of carbonyl (C=O) groups is 1. The minimum atomic E-state index is -0.402. The van der Waals surface area contributed by atoms with Crippen molar-refractivity contribution in [3.63, 3.8) is 0 Å². The third-order valence-electron chi connectivity index (χ3n) is 2.97. The second-order valence-electron chi connectivity index (χ2n) is 4.37. The zero-order valence-electron chi connectivity index (χ0n) is 11.3. The van der Waals surface area contributed by atoms with Gasteiger partial charge in [-0.2, -0.15) is 5.10 Å². The molecule has 0 atom stereocenters. The number of hydrogen-bond donors (Lipinski definition) is 0. The Morgan fingerprint density at radius 3 is 3.05 bits per heavy atom. The number of rotatable bonds is 3.